The number of amides is 3. The zero-order chi connectivity index (χ0) is 17.4. The van der Waals surface area contributed by atoms with Crippen LogP contribution in [0.15, 0.2) is 36.4 Å². The summed E-state index contributed by atoms with van der Waals surface area (Å²) in [7, 11) is 0. The Labute approximate surface area is 138 Å². The van der Waals surface area contributed by atoms with E-state index in [9.17, 15) is 14.4 Å². The summed E-state index contributed by atoms with van der Waals surface area (Å²) in [4.78, 5) is 34.1. The van der Waals surface area contributed by atoms with E-state index < -0.39 is 24.5 Å². The number of imide groups is 1. The number of hydrogen-bond acceptors (Lipinski definition) is 6. The van der Waals surface area contributed by atoms with Crippen LogP contribution in [-0.4, -0.2) is 43.8 Å². The highest BCUT2D eigenvalue weighted by molar-refractivity contribution is 5.96. The second-order valence-corrected chi connectivity index (χ2v) is 4.86. The van der Waals surface area contributed by atoms with Crippen molar-refractivity contribution in [3.8, 4) is 11.5 Å². The number of ether oxygens (including phenoxy) is 3. The van der Waals surface area contributed by atoms with E-state index in [0.29, 0.717) is 11.5 Å². The molecule has 8 heteroatoms. The number of carbonyl (C=O) groups excluding carboxylic acids is 3. The highest BCUT2D eigenvalue weighted by atomic mass is 16.6. The average Bonchev–Trinajstić information content (AvgIpc) is 2.58. The third-order valence-corrected chi connectivity index (χ3v) is 2.96. The minimum absolute atomic E-state index is 0.159. The predicted octanol–water partition coefficient (Wildman–Crippen LogP) is 0.772. The molecule has 2 N–H and O–H groups in total. The van der Waals surface area contributed by atoms with Gasteiger partial charge in [-0.3, -0.25) is 10.1 Å². The van der Waals surface area contributed by atoms with Gasteiger partial charge < -0.3 is 19.5 Å². The first-order valence-corrected chi connectivity index (χ1v) is 7.34. The Morgan fingerprint density at radius 2 is 2.04 bits per heavy atom. The number of hydrogen-bond donors (Lipinski definition) is 2. The Morgan fingerprint density at radius 1 is 1.29 bits per heavy atom. The number of nitrogens with one attached hydrogen (secondary N) is 2. The lowest BCUT2D eigenvalue weighted by atomic mass is 10.2. The van der Waals surface area contributed by atoms with Crippen molar-refractivity contribution in [2.75, 3.05) is 19.8 Å². The van der Waals surface area contributed by atoms with Crippen LogP contribution in [0.3, 0.4) is 0 Å². The number of fused-ring (bicyclic) bond motifs is 1. The smallest absolute Gasteiger partial charge is 0.330 e. The quantitative estimate of drug-likeness (QED) is 0.609. The zero-order valence-electron chi connectivity index (χ0n) is 13.1. The fourth-order valence-corrected chi connectivity index (χ4v) is 1.90. The Morgan fingerprint density at radius 3 is 2.79 bits per heavy atom. The lowest BCUT2D eigenvalue weighted by molar-refractivity contribution is -0.143. The van der Waals surface area contributed by atoms with Crippen molar-refractivity contribution < 1.29 is 28.6 Å². The minimum Gasteiger partial charge on any atom is -0.486 e. The molecule has 0 bridgehead atoms. The van der Waals surface area contributed by atoms with Crippen molar-refractivity contribution in [1.29, 1.82) is 0 Å². The van der Waals surface area contributed by atoms with Gasteiger partial charge in [-0.1, -0.05) is 18.2 Å². The van der Waals surface area contributed by atoms with E-state index in [-0.39, 0.29) is 19.3 Å². The minimum atomic E-state index is -0.725. The topological polar surface area (TPSA) is 103 Å². The Bertz CT molecular complexity index is 643. The fourth-order valence-electron chi connectivity index (χ4n) is 1.90. The van der Waals surface area contributed by atoms with E-state index in [1.807, 2.05) is 17.4 Å². The maximum atomic E-state index is 11.6. The molecule has 0 saturated heterocycles. The molecule has 0 saturated carbocycles. The van der Waals surface area contributed by atoms with Crippen molar-refractivity contribution >= 4 is 17.9 Å². The van der Waals surface area contributed by atoms with Crippen LogP contribution in [0, 0.1) is 0 Å². The standard InChI is InChI=1S/C16H18N2O6/c1-2-5-15(20)23-10-14(19)18-16(21)17-8-11-9-22-12-6-3-4-7-13(12)24-11/h2-7,11H,8-10H2,1H3,(H2,17,18,19,21)/b5-2+. The monoisotopic (exact) mass is 334 g/mol. The van der Waals surface area contributed by atoms with Crippen LogP contribution >= 0.6 is 0 Å². The van der Waals surface area contributed by atoms with Crippen LogP contribution in [0.4, 0.5) is 4.79 Å². The molecule has 1 atom stereocenters. The van der Waals surface area contributed by atoms with Crippen LogP contribution in [-0.2, 0) is 14.3 Å². The number of para-hydroxylation sites is 2. The molecule has 1 aliphatic rings. The number of benzene rings is 1. The van der Waals surface area contributed by atoms with Crippen molar-refractivity contribution in [2.24, 2.45) is 0 Å². The molecule has 0 aromatic heterocycles. The highest BCUT2D eigenvalue weighted by Gasteiger charge is 2.21. The van der Waals surface area contributed by atoms with Gasteiger partial charge in [0.15, 0.2) is 24.2 Å². The first kappa shape index (κ1) is 17.3. The molecule has 1 aliphatic heterocycles. The van der Waals surface area contributed by atoms with Gasteiger partial charge in [0.2, 0.25) is 0 Å². The molecule has 24 heavy (non-hydrogen) atoms. The van der Waals surface area contributed by atoms with Gasteiger partial charge >= 0.3 is 12.0 Å². The van der Waals surface area contributed by atoms with Gasteiger partial charge in [0.05, 0.1) is 6.54 Å². The molecular weight excluding hydrogens is 316 g/mol. The zero-order valence-corrected chi connectivity index (χ0v) is 13.1. The highest BCUT2D eigenvalue weighted by Crippen LogP contribution is 2.30. The van der Waals surface area contributed by atoms with Gasteiger partial charge in [-0.15, -0.1) is 0 Å². The van der Waals surface area contributed by atoms with Crippen molar-refractivity contribution in [1.82, 2.24) is 10.6 Å². The average molecular weight is 334 g/mol. The molecule has 8 nitrogen and oxygen atoms in total. The van der Waals surface area contributed by atoms with E-state index in [1.165, 1.54) is 12.2 Å². The molecule has 1 aromatic carbocycles. The SMILES string of the molecule is C/C=C/C(=O)OCC(=O)NC(=O)NCC1COc2ccccc2O1. The second-order valence-electron chi connectivity index (χ2n) is 4.86. The van der Waals surface area contributed by atoms with Crippen LogP contribution < -0.4 is 20.1 Å². The van der Waals surface area contributed by atoms with Gasteiger partial charge in [0.1, 0.15) is 6.61 Å². The molecule has 0 radical (unpaired) electrons. The lowest BCUT2D eigenvalue weighted by Gasteiger charge is -2.26. The number of rotatable bonds is 5. The van der Waals surface area contributed by atoms with E-state index >= 15 is 0 Å². The summed E-state index contributed by atoms with van der Waals surface area (Å²) in [5.74, 6) is -0.129. The molecule has 0 aliphatic carbocycles. The molecule has 128 valence electrons. The van der Waals surface area contributed by atoms with Gasteiger partial charge in [-0.05, 0) is 19.1 Å². The molecule has 1 aromatic rings. The fraction of sp³-hybridized carbons (Fsp3) is 0.312. The molecule has 1 unspecified atom stereocenters. The number of urea groups is 1. The second kappa shape index (κ2) is 8.56. The van der Waals surface area contributed by atoms with Crippen LogP contribution in [0.2, 0.25) is 0 Å². The largest absolute Gasteiger partial charge is 0.486 e. The Balaban J connectivity index is 1.68. The Hall–Kier alpha value is -3.03. The summed E-state index contributed by atoms with van der Waals surface area (Å²) in [6, 6.07) is 6.51. The first-order chi connectivity index (χ1) is 11.6. The summed E-state index contributed by atoms with van der Waals surface area (Å²) in [5.41, 5.74) is 0. The normalized spacial score (nSPS) is 15.6. The molecule has 1 heterocycles. The van der Waals surface area contributed by atoms with Crippen LogP contribution in [0.1, 0.15) is 6.92 Å². The maximum Gasteiger partial charge on any atom is 0.330 e. The summed E-state index contributed by atoms with van der Waals surface area (Å²) in [6.07, 6.45) is 2.29. The molecule has 0 fully saturated rings. The summed E-state index contributed by atoms with van der Waals surface area (Å²) in [5, 5.41) is 4.55. The molecule has 0 spiro atoms. The van der Waals surface area contributed by atoms with Crippen LogP contribution in [0.5, 0.6) is 11.5 Å². The maximum absolute atomic E-state index is 11.6. The number of allylic oxidation sites excluding steroid dienone is 1. The Kier molecular flexibility index (Phi) is 6.18. The third kappa shape index (κ3) is 5.31. The van der Waals surface area contributed by atoms with E-state index in [4.69, 9.17) is 9.47 Å². The van der Waals surface area contributed by atoms with Gasteiger partial charge in [-0.2, -0.15) is 0 Å². The number of esters is 1. The van der Waals surface area contributed by atoms with Crippen molar-refractivity contribution in [3.05, 3.63) is 36.4 Å². The molecular formula is C16H18N2O6. The van der Waals surface area contributed by atoms with Gasteiger partial charge in [0, 0.05) is 6.08 Å². The van der Waals surface area contributed by atoms with Crippen molar-refractivity contribution in [3.63, 3.8) is 0 Å². The van der Waals surface area contributed by atoms with Gasteiger partial charge in [0.25, 0.3) is 5.91 Å². The molecule has 2 rings (SSSR count). The predicted molar refractivity (Wildman–Crippen MR) is 83.7 cm³/mol. The van der Waals surface area contributed by atoms with E-state index in [0.717, 1.165) is 0 Å². The molecule has 3 amide bonds. The summed E-state index contributed by atoms with van der Waals surface area (Å²) in [6.45, 7) is 1.55. The number of carbonyl (C=O) groups is 3. The van der Waals surface area contributed by atoms with E-state index in [2.05, 4.69) is 10.1 Å². The van der Waals surface area contributed by atoms with Crippen LogP contribution in [0.25, 0.3) is 0 Å². The van der Waals surface area contributed by atoms with Gasteiger partial charge in [-0.25, -0.2) is 9.59 Å². The van der Waals surface area contributed by atoms with E-state index in [1.54, 1.807) is 19.1 Å². The lowest BCUT2D eigenvalue weighted by Crippen LogP contribution is -2.46. The summed E-state index contributed by atoms with van der Waals surface area (Å²) >= 11 is 0. The summed E-state index contributed by atoms with van der Waals surface area (Å²) < 4.78 is 15.8. The third-order valence-electron chi connectivity index (χ3n) is 2.96. The van der Waals surface area contributed by atoms with Crippen molar-refractivity contribution in [2.45, 2.75) is 13.0 Å². The first-order valence-electron chi connectivity index (χ1n) is 7.34.